The maximum Gasteiger partial charge on any atom is 0.134 e. The van der Waals surface area contributed by atoms with Crippen LogP contribution < -0.4 is 5.32 Å². The number of nitrogens with one attached hydrogen (secondary N) is 1. The summed E-state index contributed by atoms with van der Waals surface area (Å²) in [6.45, 7) is 1.94. The molecule has 1 heterocycles. The van der Waals surface area contributed by atoms with Gasteiger partial charge in [-0.2, -0.15) is 0 Å². The zero-order chi connectivity index (χ0) is 10.7. The largest absolute Gasteiger partial charge is 0.394 e. The molecule has 1 rings (SSSR count). The Morgan fingerprint density at radius 2 is 2.00 bits per heavy atom. The number of aliphatic hydroxyl groups excluding tert-OH is 4. The van der Waals surface area contributed by atoms with Crippen molar-refractivity contribution in [1.82, 2.24) is 5.32 Å². The Kier molecular flexibility index (Phi) is 4.24. The van der Waals surface area contributed by atoms with Crippen molar-refractivity contribution in [1.29, 1.82) is 0 Å². The normalized spacial score (nSPS) is 40.1. The lowest BCUT2D eigenvalue weighted by atomic mass is 10.1. The van der Waals surface area contributed by atoms with Gasteiger partial charge in [-0.1, -0.05) is 6.92 Å². The van der Waals surface area contributed by atoms with Crippen LogP contribution in [0.5, 0.6) is 0 Å². The molecule has 0 aromatic rings. The molecule has 1 aliphatic rings. The predicted molar refractivity (Wildman–Crippen MR) is 47.4 cm³/mol. The maximum absolute atomic E-state index is 9.47. The molecule has 0 bridgehead atoms. The average molecular weight is 207 g/mol. The van der Waals surface area contributed by atoms with Gasteiger partial charge in [-0.25, -0.2) is 0 Å². The fraction of sp³-hybridized carbons (Fsp3) is 1.00. The van der Waals surface area contributed by atoms with Crippen LogP contribution in [-0.2, 0) is 4.74 Å². The Labute approximate surface area is 82.1 Å². The summed E-state index contributed by atoms with van der Waals surface area (Å²) in [5.74, 6) is 0. The van der Waals surface area contributed by atoms with Gasteiger partial charge in [0.05, 0.1) is 6.61 Å². The molecule has 14 heavy (non-hydrogen) atoms. The summed E-state index contributed by atoms with van der Waals surface area (Å²) >= 11 is 0. The molecule has 0 spiro atoms. The highest BCUT2D eigenvalue weighted by molar-refractivity contribution is 4.92. The van der Waals surface area contributed by atoms with Crippen molar-refractivity contribution in [3.05, 3.63) is 0 Å². The SMILES string of the molecule is CCNC(O)[C@@H]1O[C@H](CO)[C@@H](O)[C@@H]1O. The molecule has 0 amide bonds. The van der Waals surface area contributed by atoms with Crippen LogP contribution in [0.4, 0.5) is 0 Å². The molecule has 0 radical (unpaired) electrons. The summed E-state index contributed by atoms with van der Waals surface area (Å²) in [5.41, 5.74) is 0. The van der Waals surface area contributed by atoms with E-state index in [4.69, 9.17) is 9.84 Å². The van der Waals surface area contributed by atoms with Gasteiger partial charge in [0.1, 0.15) is 30.6 Å². The zero-order valence-electron chi connectivity index (χ0n) is 8.00. The predicted octanol–water partition coefficient (Wildman–Crippen LogP) is -2.60. The number of aliphatic hydroxyl groups is 4. The zero-order valence-corrected chi connectivity index (χ0v) is 8.00. The first-order chi connectivity index (χ1) is 6.61. The first-order valence-corrected chi connectivity index (χ1v) is 4.65. The third-order valence-electron chi connectivity index (χ3n) is 2.30. The molecule has 5 atom stereocenters. The summed E-state index contributed by atoms with van der Waals surface area (Å²) < 4.78 is 5.09. The molecule has 84 valence electrons. The fourth-order valence-electron chi connectivity index (χ4n) is 1.51. The molecule has 0 aliphatic carbocycles. The van der Waals surface area contributed by atoms with Crippen LogP contribution in [-0.4, -0.2) is 64.2 Å². The Morgan fingerprint density at radius 3 is 2.43 bits per heavy atom. The van der Waals surface area contributed by atoms with Crippen LogP contribution in [0.3, 0.4) is 0 Å². The summed E-state index contributed by atoms with van der Waals surface area (Å²) in [6, 6.07) is 0. The Balaban J connectivity index is 2.55. The van der Waals surface area contributed by atoms with E-state index < -0.39 is 30.6 Å². The number of hydrogen-bond donors (Lipinski definition) is 5. The number of ether oxygens (including phenoxy) is 1. The van der Waals surface area contributed by atoms with Crippen molar-refractivity contribution in [2.45, 2.75) is 37.6 Å². The fourth-order valence-corrected chi connectivity index (χ4v) is 1.51. The highest BCUT2D eigenvalue weighted by atomic mass is 16.6. The van der Waals surface area contributed by atoms with E-state index in [2.05, 4.69) is 5.32 Å². The molecule has 6 heteroatoms. The average Bonchev–Trinajstić information content (AvgIpc) is 2.44. The molecule has 6 nitrogen and oxygen atoms in total. The number of likely N-dealkylation sites (N-methyl/N-ethyl adjacent to an activating group) is 1. The van der Waals surface area contributed by atoms with Crippen molar-refractivity contribution in [3.63, 3.8) is 0 Å². The van der Waals surface area contributed by atoms with E-state index >= 15 is 0 Å². The van der Waals surface area contributed by atoms with Gasteiger partial charge in [-0.3, -0.25) is 5.32 Å². The Hall–Kier alpha value is -0.240. The van der Waals surface area contributed by atoms with E-state index in [0.29, 0.717) is 6.54 Å². The van der Waals surface area contributed by atoms with E-state index in [1.165, 1.54) is 0 Å². The monoisotopic (exact) mass is 207 g/mol. The van der Waals surface area contributed by atoms with Gasteiger partial charge < -0.3 is 25.2 Å². The van der Waals surface area contributed by atoms with Gasteiger partial charge in [0.2, 0.25) is 0 Å². The van der Waals surface area contributed by atoms with Crippen LogP contribution in [0.2, 0.25) is 0 Å². The molecule has 5 N–H and O–H groups in total. The van der Waals surface area contributed by atoms with Gasteiger partial charge in [-0.05, 0) is 6.54 Å². The number of rotatable bonds is 4. The van der Waals surface area contributed by atoms with Crippen molar-refractivity contribution < 1.29 is 25.2 Å². The third kappa shape index (κ3) is 2.22. The van der Waals surface area contributed by atoms with Gasteiger partial charge in [0.25, 0.3) is 0 Å². The maximum atomic E-state index is 9.47. The molecule has 1 aliphatic heterocycles. The van der Waals surface area contributed by atoms with E-state index in [9.17, 15) is 15.3 Å². The molecule has 0 saturated carbocycles. The minimum absolute atomic E-state index is 0.381. The summed E-state index contributed by atoms with van der Waals surface area (Å²) in [4.78, 5) is 0. The van der Waals surface area contributed by atoms with E-state index in [1.807, 2.05) is 0 Å². The van der Waals surface area contributed by atoms with E-state index in [0.717, 1.165) is 0 Å². The lowest BCUT2D eigenvalue weighted by molar-refractivity contribution is -0.0845. The molecule has 0 aromatic heterocycles. The summed E-state index contributed by atoms with van der Waals surface area (Å²) in [5, 5.41) is 39.7. The second kappa shape index (κ2) is 5.01. The molecule has 1 saturated heterocycles. The van der Waals surface area contributed by atoms with Crippen molar-refractivity contribution in [2.75, 3.05) is 13.2 Å². The first kappa shape index (κ1) is 11.8. The van der Waals surface area contributed by atoms with Crippen molar-refractivity contribution in [2.24, 2.45) is 0 Å². The topological polar surface area (TPSA) is 102 Å². The summed E-state index contributed by atoms with van der Waals surface area (Å²) in [6.07, 6.45) is -5.11. The second-order valence-corrected chi connectivity index (χ2v) is 3.31. The smallest absolute Gasteiger partial charge is 0.134 e. The highest BCUT2D eigenvalue weighted by Crippen LogP contribution is 2.22. The van der Waals surface area contributed by atoms with Crippen LogP contribution in [0.15, 0.2) is 0 Å². The quantitative estimate of drug-likeness (QED) is 0.324. The van der Waals surface area contributed by atoms with Crippen molar-refractivity contribution >= 4 is 0 Å². The van der Waals surface area contributed by atoms with Crippen molar-refractivity contribution in [3.8, 4) is 0 Å². The highest BCUT2D eigenvalue weighted by Gasteiger charge is 2.45. The van der Waals surface area contributed by atoms with E-state index in [1.54, 1.807) is 6.92 Å². The van der Waals surface area contributed by atoms with Crippen LogP contribution >= 0.6 is 0 Å². The summed E-state index contributed by atoms with van der Waals surface area (Å²) in [7, 11) is 0. The second-order valence-electron chi connectivity index (χ2n) is 3.31. The molecular weight excluding hydrogens is 190 g/mol. The van der Waals surface area contributed by atoms with Gasteiger partial charge in [0, 0.05) is 0 Å². The molecule has 1 unspecified atom stereocenters. The van der Waals surface area contributed by atoms with Crippen LogP contribution in [0.1, 0.15) is 6.92 Å². The molecule has 1 fully saturated rings. The van der Waals surface area contributed by atoms with Gasteiger partial charge >= 0.3 is 0 Å². The third-order valence-corrected chi connectivity index (χ3v) is 2.30. The standard InChI is InChI=1S/C8H17NO5/c1-2-9-8(13)7-6(12)5(11)4(3-10)14-7/h4-13H,2-3H2,1H3/t4-,5-,6+,7-,8?/m1/s1. The Morgan fingerprint density at radius 1 is 1.36 bits per heavy atom. The molecule has 0 aromatic carbocycles. The minimum atomic E-state index is -1.18. The van der Waals surface area contributed by atoms with Crippen LogP contribution in [0, 0.1) is 0 Å². The lowest BCUT2D eigenvalue weighted by Crippen LogP contribution is -2.46. The van der Waals surface area contributed by atoms with Gasteiger partial charge in [0.15, 0.2) is 0 Å². The van der Waals surface area contributed by atoms with E-state index in [-0.39, 0.29) is 6.61 Å². The van der Waals surface area contributed by atoms with Gasteiger partial charge in [-0.15, -0.1) is 0 Å². The molecular formula is C8H17NO5. The van der Waals surface area contributed by atoms with Crippen LogP contribution in [0.25, 0.3) is 0 Å². The Bertz CT molecular complexity index is 179. The number of hydrogen-bond acceptors (Lipinski definition) is 6. The minimum Gasteiger partial charge on any atom is -0.394 e. The lowest BCUT2D eigenvalue weighted by Gasteiger charge is -2.21. The first-order valence-electron chi connectivity index (χ1n) is 4.65.